The van der Waals surface area contributed by atoms with Gasteiger partial charge in [0, 0.05) is 16.6 Å². The number of hydrogen-bond acceptors (Lipinski definition) is 5. The number of methoxy groups -OCH3 is 1. The van der Waals surface area contributed by atoms with E-state index in [-0.39, 0.29) is 18.4 Å². The zero-order valence-electron chi connectivity index (χ0n) is 14.6. The molecular formula is C18H23N3O3S. The lowest BCUT2D eigenvalue weighted by Gasteiger charge is -2.23. The van der Waals surface area contributed by atoms with Gasteiger partial charge in [-0.3, -0.25) is 14.5 Å². The first-order valence-corrected chi connectivity index (χ1v) is 8.82. The zero-order valence-corrected chi connectivity index (χ0v) is 15.4. The van der Waals surface area contributed by atoms with Crippen molar-refractivity contribution in [2.75, 3.05) is 26.0 Å². The normalized spacial score (nSPS) is 11.8. The van der Waals surface area contributed by atoms with Crippen LogP contribution in [0.15, 0.2) is 41.8 Å². The lowest BCUT2D eigenvalue weighted by molar-refractivity contribution is -0.126. The van der Waals surface area contributed by atoms with Crippen LogP contribution < -0.4 is 15.4 Å². The molecule has 0 fully saturated rings. The van der Waals surface area contributed by atoms with Crippen LogP contribution in [0.1, 0.15) is 11.8 Å². The number of carbonyl (C=O) groups excluding carboxylic acids is 2. The molecular weight excluding hydrogens is 338 g/mol. The maximum absolute atomic E-state index is 12.2. The zero-order chi connectivity index (χ0) is 18.2. The molecule has 0 saturated carbocycles. The number of nitrogens with zero attached hydrogens (tertiary/aromatic N) is 1. The van der Waals surface area contributed by atoms with E-state index in [0.717, 1.165) is 4.88 Å². The summed E-state index contributed by atoms with van der Waals surface area (Å²) < 4.78 is 5.13. The Balaban J connectivity index is 1.81. The van der Waals surface area contributed by atoms with Gasteiger partial charge in [0.25, 0.3) is 0 Å². The predicted octanol–water partition coefficient (Wildman–Crippen LogP) is 2.33. The van der Waals surface area contributed by atoms with Crippen molar-refractivity contribution in [2.45, 2.75) is 19.5 Å². The SMILES string of the molecule is COc1cccc(NC(=O)CN(C)C(C)C(=O)NCc2cccs2)c1. The summed E-state index contributed by atoms with van der Waals surface area (Å²) >= 11 is 1.60. The Bertz CT molecular complexity index is 703. The van der Waals surface area contributed by atoms with Crippen molar-refractivity contribution < 1.29 is 14.3 Å². The molecule has 2 N–H and O–H groups in total. The maximum Gasteiger partial charge on any atom is 0.238 e. The van der Waals surface area contributed by atoms with Gasteiger partial charge in [0.15, 0.2) is 0 Å². The number of benzene rings is 1. The minimum Gasteiger partial charge on any atom is -0.497 e. The van der Waals surface area contributed by atoms with Gasteiger partial charge < -0.3 is 15.4 Å². The van der Waals surface area contributed by atoms with E-state index in [1.54, 1.807) is 55.5 Å². The minimum absolute atomic E-state index is 0.106. The van der Waals surface area contributed by atoms with Crippen molar-refractivity contribution in [1.29, 1.82) is 0 Å². The summed E-state index contributed by atoms with van der Waals surface area (Å²) in [6, 6.07) is 10.7. The molecule has 0 spiro atoms. The molecule has 1 heterocycles. The highest BCUT2D eigenvalue weighted by Crippen LogP contribution is 2.16. The molecule has 2 rings (SSSR count). The van der Waals surface area contributed by atoms with Crippen molar-refractivity contribution in [3.8, 4) is 5.75 Å². The number of thiophene rings is 1. The number of nitrogens with one attached hydrogen (secondary N) is 2. The highest BCUT2D eigenvalue weighted by Gasteiger charge is 2.20. The molecule has 7 heteroatoms. The fourth-order valence-electron chi connectivity index (χ4n) is 2.20. The van der Waals surface area contributed by atoms with Gasteiger partial charge in [-0.05, 0) is 37.6 Å². The van der Waals surface area contributed by atoms with Crippen LogP contribution in [0.25, 0.3) is 0 Å². The predicted molar refractivity (Wildman–Crippen MR) is 99.9 cm³/mol. The van der Waals surface area contributed by atoms with Crippen molar-refractivity contribution in [3.63, 3.8) is 0 Å². The molecule has 1 aromatic heterocycles. The lowest BCUT2D eigenvalue weighted by Crippen LogP contribution is -2.45. The first-order chi connectivity index (χ1) is 12.0. The topological polar surface area (TPSA) is 70.7 Å². The summed E-state index contributed by atoms with van der Waals surface area (Å²) in [4.78, 5) is 27.2. The summed E-state index contributed by atoms with van der Waals surface area (Å²) in [5.74, 6) is 0.381. The third-order valence-electron chi connectivity index (χ3n) is 3.80. The van der Waals surface area contributed by atoms with Gasteiger partial charge in [-0.25, -0.2) is 0 Å². The Morgan fingerprint density at radius 3 is 2.76 bits per heavy atom. The molecule has 2 amide bonds. The van der Waals surface area contributed by atoms with Crippen LogP contribution in [0.4, 0.5) is 5.69 Å². The van der Waals surface area contributed by atoms with E-state index >= 15 is 0 Å². The third-order valence-corrected chi connectivity index (χ3v) is 4.68. The van der Waals surface area contributed by atoms with Crippen LogP contribution >= 0.6 is 11.3 Å². The smallest absolute Gasteiger partial charge is 0.238 e. The van der Waals surface area contributed by atoms with Gasteiger partial charge in [0.1, 0.15) is 5.75 Å². The number of anilines is 1. The highest BCUT2D eigenvalue weighted by molar-refractivity contribution is 7.09. The highest BCUT2D eigenvalue weighted by atomic mass is 32.1. The second-order valence-electron chi connectivity index (χ2n) is 5.67. The van der Waals surface area contributed by atoms with E-state index in [2.05, 4.69) is 10.6 Å². The van der Waals surface area contributed by atoms with Crippen molar-refractivity contribution in [2.24, 2.45) is 0 Å². The van der Waals surface area contributed by atoms with Crippen LogP contribution in [-0.2, 0) is 16.1 Å². The molecule has 0 aliphatic carbocycles. The maximum atomic E-state index is 12.2. The summed E-state index contributed by atoms with van der Waals surface area (Å²) in [5, 5.41) is 7.66. The van der Waals surface area contributed by atoms with Gasteiger partial charge in [0.2, 0.25) is 11.8 Å². The average molecular weight is 361 g/mol. The van der Waals surface area contributed by atoms with Gasteiger partial charge in [-0.2, -0.15) is 0 Å². The summed E-state index contributed by atoms with van der Waals surface area (Å²) in [6.45, 7) is 2.40. The number of rotatable bonds is 8. The first-order valence-electron chi connectivity index (χ1n) is 7.94. The van der Waals surface area contributed by atoms with Crippen LogP contribution in [0.2, 0.25) is 0 Å². The van der Waals surface area contributed by atoms with Gasteiger partial charge >= 0.3 is 0 Å². The Labute approximate surface area is 151 Å². The van der Waals surface area contributed by atoms with Crippen LogP contribution in [0.3, 0.4) is 0 Å². The monoisotopic (exact) mass is 361 g/mol. The van der Waals surface area contributed by atoms with Crippen molar-refractivity contribution >= 4 is 28.8 Å². The first kappa shape index (κ1) is 19.0. The van der Waals surface area contributed by atoms with E-state index in [0.29, 0.717) is 18.0 Å². The quantitative estimate of drug-likeness (QED) is 0.757. The number of carbonyl (C=O) groups is 2. The number of hydrogen-bond donors (Lipinski definition) is 2. The Morgan fingerprint density at radius 1 is 1.28 bits per heavy atom. The Morgan fingerprint density at radius 2 is 2.08 bits per heavy atom. The second kappa shape index (κ2) is 9.19. The van der Waals surface area contributed by atoms with Crippen LogP contribution in [0, 0.1) is 0 Å². The molecule has 6 nitrogen and oxygen atoms in total. The van der Waals surface area contributed by atoms with Crippen molar-refractivity contribution in [3.05, 3.63) is 46.7 Å². The molecule has 25 heavy (non-hydrogen) atoms. The molecule has 1 atom stereocenters. The van der Waals surface area contributed by atoms with E-state index in [1.165, 1.54) is 0 Å². The number of likely N-dealkylation sites (N-methyl/N-ethyl adjacent to an activating group) is 1. The molecule has 1 aromatic carbocycles. The Kier molecular flexibility index (Phi) is 6.97. The van der Waals surface area contributed by atoms with E-state index in [9.17, 15) is 9.59 Å². The molecule has 134 valence electrons. The standard InChI is InChI=1S/C18H23N3O3S/c1-13(18(23)19-11-16-8-5-9-25-16)21(2)12-17(22)20-14-6-4-7-15(10-14)24-3/h4-10,13H,11-12H2,1-3H3,(H,19,23)(H,20,22). The fraction of sp³-hybridized carbons (Fsp3) is 0.333. The van der Waals surface area contributed by atoms with Gasteiger partial charge in [0.05, 0.1) is 26.2 Å². The van der Waals surface area contributed by atoms with E-state index in [4.69, 9.17) is 4.74 Å². The van der Waals surface area contributed by atoms with Crippen LogP contribution in [0.5, 0.6) is 5.75 Å². The van der Waals surface area contributed by atoms with E-state index in [1.807, 2.05) is 23.6 Å². The summed E-state index contributed by atoms with van der Waals surface area (Å²) in [7, 11) is 3.33. The molecule has 0 radical (unpaired) electrons. The molecule has 0 bridgehead atoms. The van der Waals surface area contributed by atoms with Gasteiger partial charge in [-0.15, -0.1) is 11.3 Å². The average Bonchev–Trinajstić information content (AvgIpc) is 3.12. The Hall–Kier alpha value is -2.38. The molecule has 0 saturated heterocycles. The second-order valence-corrected chi connectivity index (χ2v) is 6.70. The molecule has 1 unspecified atom stereocenters. The molecule has 0 aliphatic heterocycles. The largest absolute Gasteiger partial charge is 0.497 e. The van der Waals surface area contributed by atoms with Crippen LogP contribution in [-0.4, -0.2) is 43.5 Å². The molecule has 0 aliphatic rings. The summed E-state index contributed by atoms with van der Waals surface area (Å²) in [5.41, 5.74) is 0.660. The fourth-order valence-corrected chi connectivity index (χ4v) is 2.84. The number of ether oxygens (including phenoxy) is 1. The lowest BCUT2D eigenvalue weighted by atomic mass is 10.2. The number of amides is 2. The molecule has 2 aromatic rings. The van der Waals surface area contributed by atoms with E-state index < -0.39 is 6.04 Å². The van der Waals surface area contributed by atoms with Crippen molar-refractivity contribution in [1.82, 2.24) is 10.2 Å². The summed E-state index contributed by atoms with van der Waals surface area (Å²) in [6.07, 6.45) is 0. The van der Waals surface area contributed by atoms with Gasteiger partial charge in [-0.1, -0.05) is 12.1 Å². The minimum atomic E-state index is -0.406. The third kappa shape index (κ3) is 5.88.